The molecule has 0 bridgehead atoms. The van der Waals surface area contributed by atoms with E-state index in [2.05, 4.69) is 5.32 Å². The minimum absolute atomic E-state index is 0. The van der Waals surface area contributed by atoms with Gasteiger partial charge in [0.15, 0.2) is 11.5 Å². The van der Waals surface area contributed by atoms with Crippen LogP contribution in [0.1, 0.15) is 36.7 Å². The molecule has 7 heteroatoms. The molecule has 0 fully saturated rings. The van der Waals surface area contributed by atoms with Gasteiger partial charge in [-0.15, -0.1) is 0 Å². The Morgan fingerprint density at radius 1 is 0.844 bits per heavy atom. The second-order valence-electron chi connectivity index (χ2n) is 7.67. The molecule has 3 unspecified atom stereocenters. The third kappa shape index (κ3) is 5.64. The molecule has 3 aromatic rings. The van der Waals surface area contributed by atoms with Gasteiger partial charge in [-0.3, -0.25) is 0 Å². The lowest BCUT2D eigenvalue weighted by Crippen LogP contribution is -3.00. The third-order valence-electron chi connectivity index (χ3n) is 5.67. The Balaban J connectivity index is 0.00000363. The van der Waals surface area contributed by atoms with Crippen LogP contribution in [0.25, 0.3) is 10.8 Å². The Kier molecular flexibility index (Phi) is 9.60. The number of benzene rings is 3. The Hall–Kier alpha value is -2.51. The van der Waals surface area contributed by atoms with Gasteiger partial charge < -0.3 is 42.1 Å². The van der Waals surface area contributed by atoms with E-state index in [1.54, 1.807) is 21.3 Å². The normalized spacial score (nSPS) is 13.7. The van der Waals surface area contributed by atoms with Crippen LogP contribution in [0, 0.1) is 0 Å². The van der Waals surface area contributed by atoms with E-state index in [0.717, 1.165) is 21.9 Å². The molecule has 3 rings (SSSR count). The fourth-order valence-electron chi connectivity index (χ4n) is 3.87. The highest BCUT2D eigenvalue weighted by molar-refractivity contribution is 5.93. The average Bonchev–Trinajstić information content (AvgIpc) is 2.81. The van der Waals surface area contributed by atoms with Crippen molar-refractivity contribution in [3.63, 3.8) is 0 Å². The summed E-state index contributed by atoms with van der Waals surface area (Å²) in [6, 6.07) is 17.3. The van der Waals surface area contributed by atoms with Crippen molar-refractivity contribution in [2.24, 2.45) is 0 Å². The first-order valence-electron chi connectivity index (χ1n) is 10.5. The fourth-order valence-corrected chi connectivity index (χ4v) is 3.87. The van der Waals surface area contributed by atoms with Crippen molar-refractivity contribution in [3.8, 4) is 17.2 Å². The van der Waals surface area contributed by atoms with Crippen molar-refractivity contribution >= 4 is 10.8 Å². The van der Waals surface area contributed by atoms with Crippen molar-refractivity contribution in [1.82, 2.24) is 0 Å². The van der Waals surface area contributed by atoms with Gasteiger partial charge in [0.25, 0.3) is 0 Å². The Morgan fingerprint density at radius 3 is 2.16 bits per heavy atom. The van der Waals surface area contributed by atoms with E-state index < -0.39 is 12.2 Å². The van der Waals surface area contributed by atoms with Crippen LogP contribution in [-0.4, -0.2) is 44.1 Å². The Labute approximate surface area is 195 Å². The third-order valence-corrected chi connectivity index (χ3v) is 5.67. The van der Waals surface area contributed by atoms with Crippen LogP contribution in [0.5, 0.6) is 17.2 Å². The van der Waals surface area contributed by atoms with Gasteiger partial charge in [-0.2, -0.15) is 0 Å². The number of nitrogens with two attached hydrogens (primary N) is 1. The van der Waals surface area contributed by atoms with Crippen molar-refractivity contribution in [2.75, 3.05) is 27.9 Å². The first-order valence-corrected chi connectivity index (χ1v) is 10.5. The Bertz CT molecular complexity index is 999. The molecule has 0 aromatic heterocycles. The van der Waals surface area contributed by atoms with Crippen LogP contribution in [0.2, 0.25) is 0 Å². The van der Waals surface area contributed by atoms with E-state index in [1.807, 2.05) is 61.5 Å². The second-order valence-corrected chi connectivity index (χ2v) is 7.67. The highest BCUT2D eigenvalue weighted by Crippen LogP contribution is 2.43. The second kappa shape index (κ2) is 11.9. The van der Waals surface area contributed by atoms with E-state index in [-0.39, 0.29) is 18.4 Å². The number of quaternary nitrogens is 1. The molecule has 0 heterocycles. The number of hydrogen-bond donors (Lipinski definition) is 3. The topological polar surface area (TPSA) is 84.8 Å². The molecule has 3 aromatic carbocycles. The lowest BCUT2D eigenvalue weighted by Gasteiger charge is -2.19. The summed E-state index contributed by atoms with van der Waals surface area (Å²) >= 11 is 0. The molecule has 0 saturated heterocycles. The molecule has 0 spiro atoms. The van der Waals surface area contributed by atoms with E-state index >= 15 is 0 Å². The summed E-state index contributed by atoms with van der Waals surface area (Å²) in [5, 5.41) is 25.1. The molecule has 0 saturated carbocycles. The maximum atomic E-state index is 10.7. The maximum Gasteiger partial charge on any atom is 0.203 e. The molecule has 0 aliphatic heterocycles. The fraction of sp³-hybridized carbons (Fsp3) is 0.360. The summed E-state index contributed by atoms with van der Waals surface area (Å²) in [6.45, 7) is 2.69. The zero-order valence-electron chi connectivity index (χ0n) is 18.9. The van der Waals surface area contributed by atoms with Gasteiger partial charge in [-0.25, -0.2) is 0 Å². The van der Waals surface area contributed by atoms with Gasteiger partial charge in [0, 0.05) is 11.8 Å². The lowest BCUT2D eigenvalue weighted by atomic mass is 10.00. The number of hydrogen-bond acceptors (Lipinski definition) is 5. The van der Waals surface area contributed by atoms with Crippen LogP contribution >= 0.6 is 0 Å². The first-order chi connectivity index (χ1) is 15.0. The van der Waals surface area contributed by atoms with Crippen LogP contribution in [0.15, 0.2) is 54.6 Å². The van der Waals surface area contributed by atoms with Crippen LogP contribution in [0.4, 0.5) is 0 Å². The summed E-state index contributed by atoms with van der Waals surface area (Å²) in [6.07, 6.45) is -0.586. The molecule has 0 amide bonds. The summed E-state index contributed by atoms with van der Waals surface area (Å²) in [5.41, 5.74) is 1.73. The summed E-state index contributed by atoms with van der Waals surface area (Å²) in [5.74, 6) is 1.73. The number of aliphatic hydroxyl groups is 2. The molecule has 4 N–H and O–H groups in total. The van der Waals surface area contributed by atoms with E-state index in [0.29, 0.717) is 30.2 Å². The maximum absolute atomic E-state index is 10.7. The average molecular weight is 462 g/mol. The standard InChI is InChI=1S/C25H31NO5.ClH/c1-16(23(28)17-8-6-5-7-9-17)26-13-12-21(27)18-10-11-20-19(14-18)15-22(29-2)25(31-4)24(20)30-3;/h5-11,14-16,21,23,26-28H,12-13H2,1-4H3;1H. The van der Waals surface area contributed by atoms with Crippen LogP contribution in [-0.2, 0) is 0 Å². The summed E-state index contributed by atoms with van der Waals surface area (Å²) in [4.78, 5) is 0. The molecule has 0 aliphatic carbocycles. The van der Waals surface area contributed by atoms with Gasteiger partial charge >= 0.3 is 0 Å². The molecule has 0 aliphatic rings. The number of ether oxygens (including phenoxy) is 3. The summed E-state index contributed by atoms with van der Waals surface area (Å²) in [7, 11) is 4.76. The van der Waals surface area contributed by atoms with Gasteiger partial charge in [0.2, 0.25) is 5.75 Å². The lowest BCUT2D eigenvalue weighted by molar-refractivity contribution is -0.695. The van der Waals surface area contributed by atoms with Crippen LogP contribution in [0.3, 0.4) is 0 Å². The van der Waals surface area contributed by atoms with E-state index in [1.165, 1.54) is 0 Å². The van der Waals surface area contributed by atoms with Gasteiger partial charge in [0.1, 0.15) is 12.1 Å². The number of fused-ring (bicyclic) bond motifs is 1. The number of aliphatic hydroxyl groups excluding tert-OH is 2. The van der Waals surface area contributed by atoms with Crippen molar-refractivity contribution in [3.05, 3.63) is 65.7 Å². The minimum Gasteiger partial charge on any atom is -1.00 e. The van der Waals surface area contributed by atoms with E-state index in [4.69, 9.17) is 14.2 Å². The number of rotatable bonds is 10. The molecule has 3 atom stereocenters. The number of halogens is 1. The monoisotopic (exact) mass is 461 g/mol. The van der Waals surface area contributed by atoms with Crippen molar-refractivity contribution in [1.29, 1.82) is 0 Å². The van der Waals surface area contributed by atoms with Crippen molar-refractivity contribution < 1.29 is 42.1 Å². The molecular weight excluding hydrogens is 430 g/mol. The molecule has 174 valence electrons. The first kappa shape index (κ1) is 25.7. The zero-order chi connectivity index (χ0) is 22.4. The predicted molar refractivity (Wildman–Crippen MR) is 121 cm³/mol. The van der Waals surface area contributed by atoms with Gasteiger partial charge in [0.05, 0.1) is 34.0 Å². The SMILES string of the molecule is COc1cc2cc(C(O)CC[NH2+]C(C)C(O)c3ccccc3)ccc2c(OC)c1OC.[Cl-]. The van der Waals surface area contributed by atoms with Gasteiger partial charge in [-0.05, 0) is 35.6 Å². The van der Waals surface area contributed by atoms with Crippen molar-refractivity contribution in [2.45, 2.75) is 31.6 Å². The number of methoxy groups -OCH3 is 3. The zero-order valence-corrected chi connectivity index (χ0v) is 19.7. The molecule has 0 radical (unpaired) electrons. The quantitative estimate of drug-likeness (QED) is 0.395. The smallest absolute Gasteiger partial charge is 0.203 e. The predicted octanol–water partition coefficient (Wildman–Crippen LogP) is -0.0214. The molecule has 32 heavy (non-hydrogen) atoms. The van der Waals surface area contributed by atoms with Gasteiger partial charge in [-0.1, -0.05) is 42.5 Å². The largest absolute Gasteiger partial charge is 1.00 e. The minimum atomic E-state index is -0.610. The molecule has 6 nitrogen and oxygen atoms in total. The highest BCUT2D eigenvalue weighted by atomic mass is 35.5. The van der Waals surface area contributed by atoms with E-state index in [9.17, 15) is 10.2 Å². The van der Waals surface area contributed by atoms with Crippen LogP contribution < -0.4 is 31.9 Å². The highest BCUT2D eigenvalue weighted by Gasteiger charge is 2.20. The Morgan fingerprint density at radius 2 is 1.53 bits per heavy atom. The molecular formula is C25H32ClNO5. The summed E-state index contributed by atoms with van der Waals surface area (Å²) < 4.78 is 16.4.